The summed E-state index contributed by atoms with van der Waals surface area (Å²) in [7, 11) is 0. The summed E-state index contributed by atoms with van der Waals surface area (Å²) >= 11 is 7.76. The van der Waals surface area contributed by atoms with Crippen molar-refractivity contribution in [3.8, 4) is 0 Å². The largest absolute Gasteiger partial charge is 0.317 e. The Balaban J connectivity index is 1.68. The molecule has 0 spiro atoms. The number of rotatable bonds is 3. The van der Waals surface area contributed by atoms with Gasteiger partial charge in [-0.2, -0.15) is 0 Å². The van der Waals surface area contributed by atoms with Gasteiger partial charge in [-0.1, -0.05) is 23.7 Å². The number of tetrazole rings is 1. The number of β-lactam (4-membered cyclic amide) rings is 1. The number of nitrogens with zero attached hydrogens (tertiary/aromatic N) is 5. The van der Waals surface area contributed by atoms with E-state index in [2.05, 4.69) is 29.4 Å². The maximum absolute atomic E-state index is 12.2. The van der Waals surface area contributed by atoms with Gasteiger partial charge in [0.1, 0.15) is 17.5 Å². The highest BCUT2D eigenvalue weighted by Gasteiger charge is 2.61. The second-order valence-electron chi connectivity index (χ2n) is 6.61. The molecule has 1 aromatic carbocycles. The molecule has 2 aromatic rings. The molecular formula is C15H17ClN6OS. The van der Waals surface area contributed by atoms with E-state index in [1.165, 1.54) is 0 Å². The lowest BCUT2D eigenvalue weighted by Crippen LogP contribution is -2.65. The third-order valence-electron chi connectivity index (χ3n) is 4.51. The molecule has 126 valence electrons. The summed E-state index contributed by atoms with van der Waals surface area (Å²) in [5, 5.41) is 12.8. The molecule has 2 aliphatic heterocycles. The average Bonchev–Trinajstić information content (AvgIpc) is 3.06. The number of hydrogen-bond donors (Lipinski definition) is 1. The molecule has 0 bridgehead atoms. The number of halogens is 1. The van der Waals surface area contributed by atoms with Crippen LogP contribution in [0.5, 0.6) is 0 Å². The topological polar surface area (TPSA) is 89.9 Å². The Morgan fingerprint density at radius 1 is 1.42 bits per heavy atom. The van der Waals surface area contributed by atoms with Crippen molar-refractivity contribution in [3.05, 3.63) is 40.7 Å². The van der Waals surface area contributed by atoms with E-state index < -0.39 is 6.04 Å². The zero-order valence-corrected chi connectivity index (χ0v) is 14.8. The molecule has 2 fully saturated rings. The summed E-state index contributed by atoms with van der Waals surface area (Å²) < 4.78 is 1.52. The SMILES string of the molecule is CC1(C)S[C@@H]2C(N)C(=O)N2C1c1nnnn1Cc1cccc(Cl)c1. The molecule has 1 aromatic heterocycles. The molecule has 0 aliphatic carbocycles. The summed E-state index contributed by atoms with van der Waals surface area (Å²) in [4.78, 5) is 14.1. The van der Waals surface area contributed by atoms with Crippen molar-refractivity contribution in [2.24, 2.45) is 5.73 Å². The third kappa shape index (κ3) is 2.32. The van der Waals surface area contributed by atoms with Gasteiger partial charge in [0.05, 0.1) is 6.54 Å². The van der Waals surface area contributed by atoms with Crippen LogP contribution in [0.3, 0.4) is 0 Å². The Hall–Kier alpha value is -1.64. The lowest BCUT2D eigenvalue weighted by atomic mass is 9.95. The van der Waals surface area contributed by atoms with Gasteiger partial charge < -0.3 is 10.6 Å². The summed E-state index contributed by atoms with van der Waals surface area (Å²) in [6, 6.07) is 6.94. The molecule has 1 amide bonds. The normalized spacial score (nSPS) is 27.9. The standard InChI is InChI=1S/C15H17ClN6OS/c1-15(2)11(22-13(23)10(17)14(22)24-15)12-18-19-20-21(12)7-8-4-3-5-9(16)6-8/h3-6,10-11,14H,7,17H2,1-2H3/t10?,11?,14-/m1/s1. The van der Waals surface area contributed by atoms with Crippen LogP contribution in [0.15, 0.2) is 24.3 Å². The van der Waals surface area contributed by atoms with Crippen molar-refractivity contribution in [1.82, 2.24) is 25.1 Å². The fraction of sp³-hybridized carbons (Fsp3) is 0.467. The first-order valence-corrected chi connectivity index (χ1v) is 8.90. The van der Waals surface area contributed by atoms with E-state index in [-0.39, 0.29) is 22.1 Å². The van der Waals surface area contributed by atoms with E-state index in [0.29, 0.717) is 17.4 Å². The van der Waals surface area contributed by atoms with Gasteiger partial charge in [0.25, 0.3) is 0 Å². The summed E-state index contributed by atoms with van der Waals surface area (Å²) in [5.41, 5.74) is 6.94. The number of carbonyl (C=O) groups is 1. The molecule has 7 nitrogen and oxygen atoms in total. The zero-order valence-electron chi connectivity index (χ0n) is 13.3. The Bertz CT molecular complexity index is 809. The van der Waals surface area contributed by atoms with Crippen LogP contribution in [0.1, 0.15) is 31.3 Å². The van der Waals surface area contributed by atoms with Crippen LogP contribution in [-0.4, -0.2) is 47.2 Å². The Kier molecular flexibility index (Phi) is 3.59. The van der Waals surface area contributed by atoms with E-state index in [9.17, 15) is 4.79 Å². The van der Waals surface area contributed by atoms with Crippen molar-refractivity contribution in [2.45, 2.75) is 42.6 Å². The number of aromatic nitrogens is 4. The number of carbonyl (C=O) groups excluding carboxylic acids is 1. The highest BCUT2D eigenvalue weighted by atomic mass is 35.5. The highest BCUT2D eigenvalue weighted by molar-refractivity contribution is 8.01. The Labute approximate surface area is 148 Å². The second kappa shape index (κ2) is 5.44. The van der Waals surface area contributed by atoms with Gasteiger partial charge in [0.15, 0.2) is 5.82 Å². The smallest absolute Gasteiger partial charge is 0.244 e. The minimum Gasteiger partial charge on any atom is -0.317 e. The van der Waals surface area contributed by atoms with Crippen molar-refractivity contribution >= 4 is 29.3 Å². The van der Waals surface area contributed by atoms with Crippen LogP contribution in [0.25, 0.3) is 0 Å². The zero-order chi connectivity index (χ0) is 17.1. The lowest BCUT2D eigenvalue weighted by molar-refractivity contribution is -0.147. The molecule has 3 atom stereocenters. The van der Waals surface area contributed by atoms with E-state index in [0.717, 1.165) is 5.56 Å². The van der Waals surface area contributed by atoms with Crippen LogP contribution in [0.2, 0.25) is 5.02 Å². The molecule has 0 radical (unpaired) electrons. The fourth-order valence-corrected chi connectivity index (χ4v) is 5.17. The van der Waals surface area contributed by atoms with Crippen LogP contribution in [0.4, 0.5) is 0 Å². The Morgan fingerprint density at radius 2 is 2.21 bits per heavy atom. The van der Waals surface area contributed by atoms with E-state index in [4.69, 9.17) is 17.3 Å². The number of nitrogens with two attached hydrogens (primary N) is 1. The maximum atomic E-state index is 12.2. The predicted molar refractivity (Wildman–Crippen MR) is 91.4 cm³/mol. The molecule has 0 saturated carbocycles. The first-order valence-electron chi connectivity index (χ1n) is 7.64. The molecule has 2 aliphatic rings. The van der Waals surface area contributed by atoms with Gasteiger partial charge in [-0.3, -0.25) is 4.79 Å². The predicted octanol–water partition coefficient (Wildman–Crippen LogP) is 1.44. The van der Waals surface area contributed by atoms with Gasteiger partial charge in [-0.05, 0) is 42.0 Å². The van der Waals surface area contributed by atoms with Gasteiger partial charge in [0.2, 0.25) is 5.91 Å². The highest BCUT2D eigenvalue weighted by Crippen LogP contribution is 2.56. The number of fused-ring (bicyclic) bond motifs is 1. The minimum absolute atomic E-state index is 0.00572. The summed E-state index contributed by atoms with van der Waals surface area (Å²) in [5.74, 6) is 0.635. The van der Waals surface area contributed by atoms with Crippen molar-refractivity contribution < 1.29 is 4.79 Å². The monoisotopic (exact) mass is 364 g/mol. The van der Waals surface area contributed by atoms with E-state index >= 15 is 0 Å². The number of hydrogen-bond acceptors (Lipinski definition) is 6. The molecule has 4 rings (SSSR count). The average molecular weight is 365 g/mol. The van der Waals surface area contributed by atoms with E-state index in [1.807, 2.05) is 29.2 Å². The molecule has 3 heterocycles. The van der Waals surface area contributed by atoms with Gasteiger partial charge in [0, 0.05) is 9.77 Å². The molecule has 9 heteroatoms. The Morgan fingerprint density at radius 3 is 2.96 bits per heavy atom. The first-order chi connectivity index (χ1) is 11.4. The van der Waals surface area contributed by atoms with Gasteiger partial charge in [-0.25, -0.2) is 4.68 Å². The van der Waals surface area contributed by atoms with Crippen molar-refractivity contribution in [1.29, 1.82) is 0 Å². The maximum Gasteiger partial charge on any atom is 0.244 e. The van der Waals surface area contributed by atoms with Crippen molar-refractivity contribution in [2.75, 3.05) is 0 Å². The molecule has 2 N–H and O–H groups in total. The summed E-state index contributed by atoms with van der Waals surface area (Å²) in [6.07, 6.45) is 0. The number of thioether (sulfide) groups is 1. The third-order valence-corrected chi connectivity index (χ3v) is 6.34. The number of amides is 1. The minimum atomic E-state index is -0.434. The number of benzene rings is 1. The lowest BCUT2D eigenvalue weighted by Gasteiger charge is -2.42. The molecule has 2 saturated heterocycles. The quantitative estimate of drug-likeness (QED) is 0.829. The molecular weight excluding hydrogens is 348 g/mol. The van der Waals surface area contributed by atoms with Gasteiger partial charge in [-0.15, -0.1) is 16.9 Å². The van der Waals surface area contributed by atoms with Crippen LogP contribution in [0, 0.1) is 0 Å². The van der Waals surface area contributed by atoms with E-state index in [1.54, 1.807) is 16.4 Å². The second-order valence-corrected chi connectivity index (χ2v) is 8.82. The van der Waals surface area contributed by atoms with Crippen molar-refractivity contribution in [3.63, 3.8) is 0 Å². The van der Waals surface area contributed by atoms with Crippen LogP contribution >= 0.6 is 23.4 Å². The van der Waals surface area contributed by atoms with Crippen LogP contribution in [-0.2, 0) is 11.3 Å². The van der Waals surface area contributed by atoms with Gasteiger partial charge >= 0.3 is 0 Å². The molecule has 24 heavy (non-hydrogen) atoms. The molecule has 2 unspecified atom stereocenters. The van der Waals surface area contributed by atoms with Crippen LogP contribution < -0.4 is 5.73 Å². The fourth-order valence-electron chi connectivity index (χ4n) is 3.39. The first kappa shape index (κ1) is 15.9. The summed E-state index contributed by atoms with van der Waals surface area (Å²) in [6.45, 7) is 4.69.